The number of carbonyl (C=O) groups is 1. The van der Waals surface area contributed by atoms with Gasteiger partial charge in [0, 0.05) is 18.8 Å². The van der Waals surface area contributed by atoms with E-state index >= 15 is 0 Å². The highest BCUT2D eigenvalue weighted by molar-refractivity contribution is 5.96. The largest absolute Gasteiger partial charge is 0.482 e. The van der Waals surface area contributed by atoms with Gasteiger partial charge in [-0.15, -0.1) is 13.2 Å². The molecule has 0 radical (unpaired) electrons. The zero-order chi connectivity index (χ0) is 27.9. The maximum absolute atomic E-state index is 13.9. The molecular formula is C34H33N3O3. The number of fused-ring (bicyclic) bond motifs is 1. The molecule has 202 valence electrons. The molecule has 0 bridgehead atoms. The summed E-state index contributed by atoms with van der Waals surface area (Å²) in [5.74, 6) is -0.194. The Hall–Kier alpha value is -4.84. The van der Waals surface area contributed by atoms with E-state index in [0.717, 1.165) is 22.3 Å². The summed E-state index contributed by atoms with van der Waals surface area (Å²) < 4.78 is 7.91. The van der Waals surface area contributed by atoms with E-state index in [4.69, 9.17) is 4.74 Å². The first-order valence-corrected chi connectivity index (χ1v) is 13.5. The molecule has 3 aromatic carbocycles. The third-order valence-electron chi connectivity index (χ3n) is 7.07. The lowest BCUT2D eigenvalue weighted by atomic mass is 9.92. The predicted molar refractivity (Wildman–Crippen MR) is 159 cm³/mol. The molecule has 1 aromatic heterocycles. The Balaban J connectivity index is 1.68. The van der Waals surface area contributed by atoms with Crippen LogP contribution in [0.5, 0.6) is 5.75 Å². The van der Waals surface area contributed by atoms with Crippen LogP contribution in [0.15, 0.2) is 127 Å². The van der Waals surface area contributed by atoms with E-state index in [-0.39, 0.29) is 35.4 Å². The van der Waals surface area contributed by atoms with E-state index in [9.17, 15) is 9.59 Å². The first-order chi connectivity index (χ1) is 19.6. The number of ether oxygens (including phenoxy) is 1. The van der Waals surface area contributed by atoms with Crippen LogP contribution >= 0.6 is 0 Å². The molecule has 1 unspecified atom stereocenters. The molecule has 6 heteroatoms. The van der Waals surface area contributed by atoms with Crippen molar-refractivity contribution in [2.75, 3.05) is 18.2 Å². The van der Waals surface area contributed by atoms with Crippen molar-refractivity contribution in [1.29, 1.82) is 0 Å². The quantitative estimate of drug-likeness (QED) is 0.227. The zero-order valence-electron chi connectivity index (χ0n) is 22.5. The second kappa shape index (κ2) is 12.3. The Morgan fingerprint density at radius 1 is 0.850 bits per heavy atom. The molecular weight excluding hydrogens is 498 g/mol. The molecule has 6 nitrogen and oxygen atoms in total. The zero-order valence-corrected chi connectivity index (χ0v) is 22.5. The Morgan fingerprint density at radius 3 is 2.27 bits per heavy atom. The Labute approximate surface area is 235 Å². The number of rotatable bonds is 11. The van der Waals surface area contributed by atoms with Gasteiger partial charge in [-0.25, -0.2) is 0 Å². The summed E-state index contributed by atoms with van der Waals surface area (Å²) in [6, 6.07) is 29.3. The highest BCUT2D eigenvalue weighted by atomic mass is 16.5. The van der Waals surface area contributed by atoms with Crippen molar-refractivity contribution >= 4 is 5.91 Å². The van der Waals surface area contributed by atoms with Gasteiger partial charge >= 0.3 is 0 Å². The number of hydrogen-bond acceptors (Lipinski definition) is 4. The maximum atomic E-state index is 13.9. The normalized spacial score (nSPS) is 13.4. The van der Waals surface area contributed by atoms with Crippen LogP contribution in [0.4, 0.5) is 0 Å². The van der Waals surface area contributed by atoms with Gasteiger partial charge in [-0.3, -0.25) is 19.3 Å². The van der Waals surface area contributed by atoms with Crippen molar-refractivity contribution in [1.82, 2.24) is 9.58 Å². The van der Waals surface area contributed by atoms with E-state index in [0.29, 0.717) is 26.1 Å². The van der Waals surface area contributed by atoms with Crippen LogP contribution in [-0.4, -0.2) is 28.7 Å². The highest BCUT2D eigenvalue weighted by Crippen LogP contribution is 2.34. The SMILES string of the molecule is C=CCCN1CN(C(c2ccccc2)c2ccccc2CC=C)n2ccc(=O)c(OCc3ccccc3)c2C1=O. The van der Waals surface area contributed by atoms with Gasteiger partial charge in [0.2, 0.25) is 5.43 Å². The fourth-order valence-electron chi connectivity index (χ4n) is 5.16. The minimum atomic E-state index is -0.329. The molecule has 40 heavy (non-hydrogen) atoms. The standard InChI is InChI=1S/C34H33N3O3/c1-3-5-22-35-25-37(31(28-18-10-7-11-19-28)29-20-13-12-17-27(29)14-4-2)36-23-21-30(38)33(32(36)34(35)39)40-24-26-15-8-6-9-16-26/h3-4,6-13,15-21,23,31H,1-2,5,14,22,24-25H2. The van der Waals surface area contributed by atoms with Crippen molar-refractivity contribution in [3.05, 3.63) is 161 Å². The Morgan fingerprint density at radius 2 is 1.55 bits per heavy atom. The molecule has 2 heterocycles. The second-order valence-electron chi connectivity index (χ2n) is 9.71. The number of hydrogen-bond donors (Lipinski definition) is 0. The van der Waals surface area contributed by atoms with Crippen molar-refractivity contribution in [2.24, 2.45) is 0 Å². The van der Waals surface area contributed by atoms with Crippen molar-refractivity contribution < 1.29 is 9.53 Å². The van der Waals surface area contributed by atoms with Gasteiger partial charge in [0.25, 0.3) is 5.91 Å². The van der Waals surface area contributed by atoms with E-state index < -0.39 is 0 Å². The number of amides is 1. The molecule has 0 spiro atoms. The lowest BCUT2D eigenvalue weighted by molar-refractivity contribution is 0.0680. The molecule has 1 amide bonds. The van der Waals surface area contributed by atoms with Gasteiger partial charge in [0.05, 0.1) is 6.04 Å². The van der Waals surface area contributed by atoms with Crippen LogP contribution in [0.3, 0.4) is 0 Å². The molecule has 4 aromatic rings. The summed E-state index contributed by atoms with van der Waals surface area (Å²) in [5.41, 5.74) is 4.11. The molecule has 0 saturated carbocycles. The summed E-state index contributed by atoms with van der Waals surface area (Å²) in [5, 5.41) is 2.13. The molecule has 0 N–H and O–H groups in total. The molecule has 0 fully saturated rings. The average molecular weight is 532 g/mol. The third kappa shape index (κ3) is 5.47. The maximum Gasteiger partial charge on any atom is 0.277 e. The van der Waals surface area contributed by atoms with Gasteiger partial charge in [-0.2, -0.15) is 0 Å². The van der Waals surface area contributed by atoms with Crippen LogP contribution in [0.2, 0.25) is 0 Å². The summed E-state index contributed by atoms with van der Waals surface area (Å²) in [6.45, 7) is 8.79. The van der Waals surface area contributed by atoms with Crippen LogP contribution in [-0.2, 0) is 13.0 Å². The Bertz CT molecular complexity index is 1550. The molecule has 1 aliphatic heterocycles. The monoisotopic (exact) mass is 531 g/mol. The van der Waals surface area contributed by atoms with Crippen LogP contribution in [0.25, 0.3) is 0 Å². The van der Waals surface area contributed by atoms with Gasteiger partial charge < -0.3 is 9.64 Å². The number of pyridine rings is 1. The first kappa shape index (κ1) is 26.8. The van der Waals surface area contributed by atoms with Crippen LogP contribution < -0.4 is 15.2 Å². The summed E-state index contributed by atoms with van der Waals surface area (Å²) in [6.07, 6.45) is 6.71. The molecule has 5 rings (SSSR count). The summed E-state index contributed by atoms with van der Waals surface area (Å²) >= 11 is 0. The minimum Gasteiger partial charge on any atom is -0.482 e. The number of carbonyl (C=O) groups excluding carboxylic acids is 1. The van der Waals surface area contributed by atoms with Crippen LogP contribution in [0, 0.1) is 0 Å². The number of benzene rings is 3. The average Bonchev–Trinajstić information content (AvgIpc) is 2.99. The fourth-order valence-corrected chi connectivity index (χ4v) is 5.16. The topological polar surface area (TPSA) is 54.8 Å². The third-order valence-corrected chi connectivity index (χ3v) is 7.07. The molecule has 1 atom stereocenters. The van der Waals surface area contributed by atoms with Gasteiger partial charge in [0.1, 0.15) is 13.3 Å². The first-order valence-electron chi connectivity index (χ1n) is 13.5. The Kier molecular flexibility index (Phi) is 8.26. The number of aromatic nitrogens is 1. The number of nitrogens with zero attached hydrogens (tertiary/aromatic N) is 3. The van der Waals surface area contributed by atoms with Crippen molar-refractivity contribution in [3.63, 3.8) is 0 Å². The fraction of sp³-hybridized carbons (Fsp3) is 0.176. The summed E-state index contributed by atoms with van der Waals surface area (Å²) in [7, 11) is 0. The lowest BCUT2D eigenvalue weighted by Gasteiger charge is -2.44. The summed E-state index contributed by atoms with van der Waals surface area (Å²) in [4.78, 5) is 28.9. The molecule has 0 aliphatic carbocycles. The van der Waals surface area contributed by atoms with E-state index in [1.807, 2.05) is 66.7 Å². The van der Waals surface area contributed by atoms with Crippen LogP contribution in [0.1, 0.15) is 45.2 Å². The van der Waals surface area contributed by atoms with Crippen molar-refractivity contribution in [2.45, 2.75) is 25.5 Å². The molecule has 1 aliphatic rings. The lowest BCUT2D eigenvalue weighted by Crippen LogP contribution is -2.55. The molecule has 0 saturated heterocycles. The van der Waals surface area contributed by atoms with Crippen molar-refractivity contribution in [3.8, 4) is 5.75 Å². The smallest absolute Gasteiger partial charge is 0.277 e. The number of allylic oxidation sites excluding steroid dienone is 1. The van der Waals surface area contributed by atoms with Gasteiger partial charge in [0.15, 0.2) is 11.4 Å². The van der Waals surface area contributed by atoms with E-state index in [2.05, 4.69) is 42.4 Å². The van der Waals surface area contributed by atoms with Gasteiger partial charge in [-0.1, -0.05) is 97.1 Å². The second-order valence-corrected chi connectivity index (χ2v) is 9.71. The van der Waals surface area contributed by atoms with Gasteiger partial charge in [-0.05, 0) is 35.1 Å². The van der Waals surface area contributed by atoms with E-state index in [1.165, 1.54) is 6.07 Å². The minimum absolute atomic E-state index is 0.0517. The van der Waals surface area contributed by atoms with E-state index in [1.54, 1.807) is 21.8 Å². The highest BCUT2D eigenvalue weighted by Gasteiger charge is 2.37. The predicted octanol–water partition coefficient (Wildman–Crippen LogP) is 5.87.